The van der Waals surface area contributed by atoms with Crippen LogP contribution in [0.15, 0.2) is 12.4 Å². The Morgan fingerprint density at radius 2 is 2.20 bits per heavy atom. The van der Waals surface area contributed by atoms with Gasteiger partial charge in [-0.15, -0.1) is 0 Å². The summed E-state index contributed by atoms with van der Waals surface area (Å²) in [5, 5.41) is 7.30. The summed E-state index contributed by atoms with van der Waals surface area (Å²) in [6.07, 6.45) is 5.56. The average molecular weight is 227 g/mol. The fourth-order valence-electron chi connectivity index (χ4n) is 1.79. The average Bonchev–Trinajstić information content (AvgIpc) is 2.25. The largest absolute Gasteiger partial charge is 0.350 e. The molecule has 2 rings (SSSR count). The van der Waals surface area contributed by atoms with Gasteiger partial charge in [0.1, 0.15) is 0 Å². The molecule has 1 aliphatic heterocycles. The Bertz CT molecular complexity index is 314. The molecule has 0 bridgehead atoms. The Hall–Kier alpha value is -0.870. The van der Waals surface area contributed by atoms with E-state index in [0.717, 1.165) is 13.0 Å². The van der Waals surface area contributed by atoms with Crippen LogP contribution in [-0.2, 0) is 0 Å². The van der Waals surface area contributed by atoms with Gasteiger partial charge in [0.15, 0.2) is 0 Å². The zero-order chi connectivity index (χ0) is 10.7. The van der Waals surface area contributed by atoms with Crippen molar-refractivity contribution in [3.63, 3.8) is 0 Å². The van der Waals surface area contributed by atoms with Crippen molar-refractivity contribution in [3.8, 4) is 0 Å². The molecule has 0 spiro atoms. The Kier molecular flexibility index (Phi) is 3.38. The Morgan fingerprint density at radius 3 is 2.87 bits per heavy atom. The molecule has 1 aliphatic rings. The van der Waals surface area contributed by atoms with Crippen molar-refractivity contribution < 1.29 is 0 Å². The van der Waals surface area contributed by atoms with Crippen LogP contribution in [-0.4, -0.2) is 28.6 Å². The van der Waals surface area contributed by atoms with Crippen LogP contribution in [0.25, 0.3) is 0 Å². The minimum absolute atomic E-state index is 0.403. The first-order valence-corrected chi connectivity index (χ1v) is 5.61. The summed E-state index contributed by atoms with van der Waals surface area (Å²) in [5.41, 5.74) is 0. The number of piperidine rings is 1. The van der Waals surface area contributed by atoms with Crippen LogP contribution in [0.5, 0.6) is 0 Å². The van der Waals surface area contributed by atoms with Crippen LogP contribution in [0.2, 0.25) is 5.02 Å². The third-order valence-corrected chi connectivity index (χ3v) is 2.89. The highest BCUT2D eigenvalue weighted by Gasteiger charge is 2.20. The molecule has 0 aromatic carbocycles. The SMILES string of the molecule is CC1NCCCC1Nc1ncc(Cl)cn1. The number of hydrogen-bond acceptors (Lipinski definition) is 4. The number of anilines is 1. The summed E-state index contributed by atoms with van der Waals surface area (Å²) in [7, 11) is 0. The maximum Gasteiger partial charge on any atom is 0.222 e. The summed E-state index contributed by atoms with van der Waals surface area (Å²) >= 11 is 5.72. The van der Waals surface area contributed by atoms with Gasteiger partial charge in [-0.2, -0.15) is 0 Å². The number of nitrogens with one attached hydrogen (secondary N) is 2. The first-order chi connectivity index (χ1) is 7.25. The van der Waals surface area contributed by atoms with Crippen LogP contribution >= 0.6 is 11.6 Å². The molecule has 2 heterocycles. The quantitative estimate of drug-likeness (QED) is 0.806. The van der Waals surface area contributed by atoms with E-state index in [-0.39, 0.29) is 0 Å². The highest BCUT2D eigenvalue weighted by molar-refractivity contribution is 6.30. The van der Waals surface area contributed by atoms with Gasteiger partial charge in [0, 0.05) is 12.1 Å². The standard InChI is InChI=1S/C10H15ClN4/c1-7-9(3-2-4-12-7)15-10-13-5-8(11)6-14-10/h5-7,9,12H,2-4H2,1H3,(H,13,14,15). The molecule has 15 heavy (non-hydrogen) atoms. The van der Waals surface area contributed by atoms with Crippen molar-refractivity contribution in [2.45, 2.75) is 31.8 Å². The third kappa shape index (κ3) is 2.79. The van der Waals surface area contributed by atoms with Crippen molar-refractivity contribution in [2.24, 2.45) is 0 Å². The smallest absolute Gasteiger partial charge is 0.222 e. The van der Waals surface area contributed by atoms with Gasteiger partial charge in [-0.3, -0.25) is 0 Å². The van der Waals surface area contributed by atoms with E-state index < -0.39 is 0 Å². The van der Waals surface area contributed by atoms with E-state index in [0.29, 0.717) is 23.1 Å². The lowest BCUT2D eigenvalue weighted by Gasteiger charge is -2.30. The molecule has 4 nitrogen and oxygen atoms in total. The first-order valence-electron chi connectivity index (χ1n) is 5.23. The molecular formula is C10H15ClN4. The second-order valence-corrected chi connectivity index (χ2v) is 4.30. The second-order valence-electron chi connectivity index (χ2n) is 3.86. The minimum Gasteiger partial charge on any atom is -0.350 e. The van der Waals surface area contributed by atoms with E-state index in [2.05, 4.69) is 27.5 Å². The molecule has 0 radical (unpaired) electrons. The number of nitrogens with zero attached hydrogens (tertiary/aromatic N) is 2. The molecule has 82 valence electrons. The van der Waals surface area contributed by atoms with Crippen molar-refractivity contribution in [1.82, 2.24) is 15.3 Å². The Labute approximate surface area is 94.5 Å². The lowest BCUT2D eigenvalue weighted by molar-refractivity contribution is 0.388. The number of aromatic nitrogens is 2. The van der Waals surface area contributed by atoms with Crippen LogP contribution < -0.4 is 10.6 Å². The van der Waals surface area contributed by atoms with Gasteiger partial charge in [-0.05, 0) is 26.3 Å². The number of hydrogen-bond donors (Lipinski definition) is 2. The molecule has 0 aliphatic carbocycles. The lowest BCUT2D eigenvalue weighted by Crippen LogP contribution is -2.46. The lowest BCUT2D eigenvalue weighted by atomic mass is 10.0. The molecule has 0 saturated carbocycles. The van der Waals surface area contributed by atoms with Gasteiger partial charge in [-0.25, -0.2) is 9.97 Å². The van der Waals surface area contributed by atoms with E-state index in [1.54, 1.807) is 12.4 Å². The van der Waals surface area contributed by atoms with Gasteiger partial charge in [0.25, 0.3) is 0 Å². The van der Waals surface area contributed by atoms with E-state index in [4.69, 9.17) is 11.6 Å². The molecule has 1 aromatic rings. The predicted octanol–water partition coefficient (Wildman–Crippen LogP) is 1.68. The van der Waals surface area contributed by atoms with Crippen molar-refractivity contribution in [3.05, 3.63) is 17.4 Å². The fraction of sp³-hybridized carbons (Fsp3) is 0.600. The highest BCUT2D eigenvalue weighted by atomic mass is 35.5. The maximum atomic E-state index is 5.72. The Balaban J connectivity index is 1.98. The molecule has 0 amide bonds. The zero-order valence-corrected chi connectivity index (χ0v) is 9.46. The molecular weight excluding hydrogens is 212 g/mol. The highest BCUT2D eigenvalue weighted by Crippen LogP contribution is 2.13. The minimum atomic E-state index is 0.403. The van der Waals surface area contributed by atoms with Crippen molar-refractivity contribution >= 4 is 17.5 Å². The summed E-state index contributed by atoms with van der Waals surface area (Å²) < 4.78 is 0. The van der Waals surface area contributed by atoms with Gasteiger partial charge in [-0.1, -0.05) is 11.6 Å². The summed E-state index contributed by atoms with van der Waals surface area (Å²) in [4.78, 5) is 8.25. The molecule has 1 saturated heterocycles. The molecule has 2 N–H and O–H groups in total. The molecule has 2 unspecified atom stereocenters. The van der Waals surface area contributed by atoms with Crippen LogP contribution in [0.1, 0.15) is 19.8 Å². The number of halogens is 1. The van der Waals surface area contributed by atoms with E-state index >= 15 is 0 Å². The topological polar surface area (TPSA) is 49.8 Å². The summed E-state index contributed by atoms with van der Waals surface area (Å²) in [5.74, 6) is 0.653. The van der Waals surface area contributed by atoms with Gasteiger partial charge in [0.2, 0.25) is 5.95 Å². The second kappa shape index (κ2) is 4.77. The summed E-state index contributed by atoms with van der Waals surface area (Å²) in [6.45, 7) is 3.27. The molecule has 2 atom stereocenters. The number of rotatable bonds is 2. The third-order valence-electron chi connectivity index (χ3n) is 2.70. The van der Waals surface area contributed by atoms with Crippen molar-refractivity contribution in [2.75, 3.05) is 11.9 Å². The van der Waals surface area contributed by atoms with Crippen LogP contribution in [0, 0.1) is 0 Å². The van der Waals surface area contributed by atoms with Crippen molar-refractivity contribution in [1.29, 1.82) is 0 Å². The predicted molar refractivity (Wildman–Crippen MR) is 61.2 cm³/mol. The molecule has 5 heteroatoms. The zero-order valence-electron chi connectivity index (χ0n) is 8.70. The maximum absolute atomic E-state index is 5.72. The molecule has 1 aromatic heterocycles. The van der Waals surface area contributed by atoms with Gasteiger partial charge >= 0.3 is 0 Å². The van der Waals surface area contributed by atoms with Crippen LogP contribution in [0.3, 0.4) is 0 Å². The van der Waals surface area contributed by atoms with Gasteiger partial charge < -0.3 is 10.6 Å². The normalized spacial score (nSPS) is 26.3. The van der Waals surface area contributed by atoms with E-state index in [1.807, 2.05) is 0 Å². The summed E-state index contributed by atoms with van der Waals surface area (Å²) in [6, 6.07) is 0.859. The Morgan fingerprint density at radius 1 is 1.47 bits per heavy atom. The van der Waals surface area contributed by atoms with Crippen LogP contribution in [0.4, 0.5) is 5.95 Å². The molecule has 1 fully saturated rings. The first kappa shape index (κ1) is 10.6. The van der Waals surface area contributed by atoms with E-state index in [9.17, 15) is 0 Å². The van der Waals surface area contributed by atoms with Gasteiger partial charge in [0.05, 0.1) is 17.4 Å². The fourth-order valence-corrected chi connectivity index (χ4v) is 1.89. The van der Waals surface area contributed by atoms with E-state index in [1.165, 1.54) is 6.42 Å². The monoisotopic (exact) mass is 226 g/mol.